The predicted octanol–water partition coefficient (Wildman–Crippen LogP) is 2.43. The Bertz CT molecular complexity index is 819. The summed E-state index contributed by atoms with van der Waals surface area (Å²) in [6.07, 6.45) is 3.94. The number of benzene rings is 1. The zero-order valence-electron chi connectivity index (χ0n) is 13.8. The minimum absolute atomic E-state index is 0.0225. The highest BCUT2D eigenvalue weighted by Gasteiger charge is 2.14. The highest BCUT2D eigenvalue weighted by Crippen LogP contribution is 2.17. The quantitative estimate of drug-likeness (QED) is 0.730. The molecule has 1 aromatic carbocycles. The van der Waals surface area contributed by atoms with Gasteiger partial charge in [0, 0.05) is 29.9 Å². The molecule has 0 radical (unpaired) electrons. The molecule has 6 heteroatoms. The molecule has 0 spiro atoms. The fourth-order valence-corrected chi connectivity index (χ4v) is 2.61. The highest BCUT2D eigenvalue weighted by atomic mass is 16.1. The lowest BCUT2D eigenvalue weighted by Crippen LogP contribution is -2.24. The maximum Gasteiger partial charge on any atom is 0.264 e. The highest BCUT2D eigenvalue weighted by molar-refractivity contribution is 5.17. The Kier molecular flexibility index (Phi) is 4.86. The molecule has 2 N–H and O–H groups in total. The Hall–Kier alpha value is -2.73. The number of hydrogen-bond acceptors (Lipinski definition) is 4. The molecule has 0 aliphatic carbocycles. The van der Waals surface area contributed by atoms with Gasteiger partial charge in [0.05, 0.1) is 18.4 Å². The summed E-state index contributed by atoms with van der Waals surface area (Å²) in [5.74, 6) is 0. The average molecular weight is 323 g/mol. The van der Waals surface area contributed by atoms with E-state index in [4.69, 9.17) is 0 Å². The molecule has 3 rings (SSSR count). The van der Waals surface area contributed by atoms with Crippen molar-refractivity contribution in [1.29, 1.82) is 0 Å². The Balaban J connectivity index is 1.64. The first kappa shape index (κ1) is 16.1. The van der Waals surface area contributed by atoms with E-state index in [0.29, 0.717) is 0 Å². The van der Waals surface area contributed by atoms with Crippen LogP contribution in [0.4, 0.5) is 0 Å². The fraction of sp³-hybridized carbons (Fsp3) is 0.278. The molecule has 0 amide bonds. The number of H-pyrrole nitrogens is 1. The summed E-state index contributed by atoms with van der Waals surface area (Å²) < 4.78 is 1.94. The summed E-state index contributed by atoms with van der Waals surface area (Å²) in [6.45, 7) is 4.86. The predicted molar refractivity (Wildman–Crippen MR) is 92.6 cm³/mol. The Morgan fingerprint density at radius 1 is 1.12 bits per heavy atom. The van der Waals surface area contributed by atoms with Gasteiger partial charge in [0.15, 0.2) is 0 Å². The zero-order chi connectivity index (χ0) is 16.9. The number of nitrogens with zero attached hydrogens (tertiary/aromatic N) is 3. The topological polar surface area (TPSA) is 75.6 Å². The summed E-state index contributed by atoms with van der Waals surface area (Å²) in [4.78, 5) is 11.1. The van der Waals surface area contributed by atoms with Crippen molar-refractivity contribution < 1.29 is 0 Å². The van der Waals surface area contributed by atoms with Gasteiger partial charge in [-0.05, 0) is 25.5 Å². The Morgan fingerprint density at radius 3 is 2.62 bits per heavy atom. The molecular weight excluding hydrogens is 302 g/mol. The number of nitrogens with one attached hydrogen (secondary N) is 2. The van der Waals surface area contributed by atoms with Gasteiger partial charge in [-0.3, -0.25) is 9.48 Å². The van der Waals surface area contributed by atoms with Gasteiger partial charge >= 0.3 is 0 Å². The molecule has 2 heterocycles. The van der Waals surface area contributed by atoms with Crippen molar-refractivity contribution in [2.45, 2.75) is 32.5 Å². The molecule has 0 fully saturated rings. The van der Waals surface area contributed by atoms with E-state index < -0.39 is 0 Å². The van der Waals surface area contributed by atoms with Crippen molar-refractivity contribution >= 4 is 0 Å². The Labute approximate surface area is 140 Å². The summed E-state index contributed by atoms with van der Waals surface area (Å²) in [5.41, 5.74) is 2.94. The molecule has 24 heavy (non-hydrogen) atoms. The van der Waals surface area contributed by atoms with Gasteiger partial charge in [-0.15, -0.1) is 0 Å². The number of rotatable bonds is 6. The number of hydrogen-bond donors (Lipinski definition) is 2. The van der Waals surface area contributed by atoms with Crippen LogP contribution in [0.2, 0.25) is 0 Å². The van der Waals surface area contributed by atoms with E-state index in [1.807, 2.05) is 36.0 Å². The smallest absolute Gasteiger partial charge is 0.264 e. The molecule has 0 aliphatic heterocycles. The zero-order valence-corrected chi connectivity index (χ0v) is 13.8. The standard InChI is InChI=1S/C18H21N5O/c1-13(20-14(2)17-8-9-18(24)22-21-17)16-10-19-23(12-16)11-15-6-4-3-5-7-15/h3-10,12-14,20H,11H2,1-2H3,(H,22,24). The van der Waals surface area contributed by atoms with Crippen LogP contribution in [0.1, 0.15) is 42.8 Å². The second-order valence-electron chi connectivity index (χ2n) is 5.91. The van der Waals surface area contributed by atoms with Crippen molar-refractivity contribution in [3.63, 3.8) is 0 Å². The van der Waals surface area contributed by atoms with Gasteiger partial charge in [-0.1, -0.05) is 30.3 Å². The van der Waals surface area contributed by atoms with Gasteiger partial charge in [0.25, 0.3) is 5.56 Å². The van der Waals surface area contributed by atoms with Crippen LogP contribution in [-0.2, 0) is 6.54 Å². The SMILES string of the molecule is CC(NC(C)c1ccc(=O)[nH]n1)c1cnn(Cc2ccccc2)c1. The third-order valence-electron chi connectivity index (χ3n) is 3.98. The van der Waals surface area contributed by atoms with Gasteiger partial charge in [-0.25, -0.2) is 5.10 Å². The number of aromatic amines is 1. The normalized spacial score (nSPS) is 13.6. The van der Waals surface area contributed by atoms with Crippen molar-refractivity contribution in [2.75, 3.05) is 0 Å². The van der Waals surface area contributed by atoms with E-state index in [-0.39, 0.29) is 17.6 Å². The lowest BCUT2D eigenvalue weighted by Gasteiger charge is -2.18. The molecule has 0 saturated heterocycles. The largest absolute Gasteiger partial charge is 0.302 e. The third-order valence-corrected chi connectivity index (χ3v) is 3.98. The van der Waals surface area contributed by atoms with E-state index in [9.17, 15) is 4.79 Å². The minimum Gasteiger partial charge on any atom is -0.302 e. The van der Waals surface area contributed by atoms with Crippen LogP contribution in [-0.4, -0.2) is 20.0 Å². The first-order valence-corrected chi connectivity index (χ1v) is 8.00. The molecule has 3 aromatic rings. The molecule has 124 valence electrons. The van der Waals surface area contributed by atoms with Crippen LogP contribution in [0.15, 0.2) is 59.7 Å². The molecule has 2 unspecified atom stereocenters. The lowest BCUT2D eigenvalue weighted by molar-refractivity contribution is 0.482. The molecule has 2 atom stereocenters. The van der Waals surface area contributed by atoms with Crippen LogP contribution >= 0.6 is 0 Å². The Morgan fingerprint density at radius 2 is 1.92 bits per heavy atom. The molecule has 0 saturated carbocycles. The third kappa shape index (κ3) is 3.97. The monoisotopic (exact) mass is 323 g/mol. The second-order valence-corrected chi connectivity index (χ2v) is 5.91. The molecule has 6 nitrogen and oxygen atoms in total. The van der Waals surface area contributed by atoms with Crippen LogP contribution in [0, 0.1) is 0 Å². The summed E-state index contributed by atoms with van der Waals surface area (Å²) in [6, 6.07) is 13.6. The fourth-order valence-electron chi connectivity index (χ4n) is 2.61. The van der Waals surface area contributed by atoms with Crippen LogP contribution in [0.25, 0.3) is 0 Å². The van der Waals surface area contributed by atoms with E-state index in [1.165, 1.54) is 11.6 Å². The maximum absolute atomic E-state index is 11.1. The van der Waals surface area contributed by atoms with Crippen LogP contribution in [0.5, 0.6) is 0 Å². The van der Waals surface area contributed by atoms with E-state index in [1.54, 1.807) is 6.07 Å². The average Bonchev–Trinajstić information content (AvgIpc) is 3.05. The summed E-state index contributed by atoms with van der Waals surface area (Å²) in [7, 11) is 0. The van der Waals surface area contributed by atoms with Crippen molar-refractivity contribution in [2.24, 2.45) is 0 Å². The number of aromatic nitrogens is 4. The van der Waals surface area contributed by atoms with E-state index in [0.717, 1.165) is 17.8 Å². The van der Waals surface area contributed by atoms with Crippen molar-refractivity contribution in [1.82, 2.24) is 25.3 Å². The molecule has 2 aromatic heterocycles. The molecular formula is C18H21N5O. The van der Waals surface area contributed by atoms with Gasteiger partial charge in [0.1, 0.15) is 0 Å². The van der Waals surface area contributed by atoms with Gasteiger partial charge < -0.3 is 5.32 Å². The lowest BCUT2D eigenvalue weighted by atomic mass is 10.1. The van der Waals surface area contributed by atoms with Crippen molar-refractivity contribution in [3.8, 4) is 0 Å². The van der Waals surface area contributed by atoms with Crippen molar-refractivity contribution in [3.05, 3.63) is 82.0 Å². The van der Waals surface area contributed by atoms with E-state index in [2.05, 4.69) is 45.9 Å². The van der Waals surface area contributed by atoms with Crippen LogP contribution < -0.4 is 10.9 Å². The summed E-state index contributed by atoms with van der Waals surface area (Å²) >= 11 is 0. The van der Waals surface area contributed by atoms with Gasteiger partial charge in [0.2, 0.25) is 0 Å². The van der Waals surface area contributed by atoms with Gasteiger partial charge in [-0.2, -0.15) is 10.2 Å². The maximum atomic E-state index is 11.1. The first-order chi connectivity index (χ1) is 11.6. The van der Waals surface area contributed by atoms with E-state index >= 15 is 0 Å². The second kappa shape index (κ2) is 7.23. The minimum atomic E-state index is -0.193. The van der Waals surface area contributed by atoms with Crippen LogP contribution in [0.3, 0.4) is 0 Å². The summed E-state index contributed by atoms with van der Waals surface area (Å²) in [5, 5.41) is 14.4. The first-order valence-electron chi connectivity index (χ1n) is 8.00. The molecule has 0 aliphatic rings. The molecule has 0 bridgehead atoms.